The summed E-state index contributed by atoms with van der Waals surface area (Å²) in [5.41, 5.74) is 6.90. The SMILES string of the molecule is COc1cc(-c2cccc(-c3cccc(Nc4nccc5sc(CN6CC7CC(C(=O)O)C6C7)nc45)c3Cl)c2Cl)cc(C)c1CNC[C@@H]1CCC(=O)N1. The number of methoxy groups -OCH3 is 1. The zero-order valence-corrected chi connectivity index (χ0v) is 31.7. The van der Waals surface area contributed by atoms with E-state index in [0.29, 0.717) is 53.5 Å². The molecule has 3 fully saturated rings. The summed E-state index contributed by atoms with van der Waals surface area (Å²) in [7, 11) is 1.67. The number of carbonyl (C=O) groups is 2. The summed E-state index contributed by atoms with van der Waals surface area (Å²) in [5, 5.41) is 21.6. The number of carboxylic acids is 1. The molecule has 2 saturated heterocycles. The zero-order chi connectivity index (χ0) is 36.8. The second-order valence-electron chi connectivity index (χ2n) is 14.3. The number of aromatic nitrogens is 2. The first-order valence-corrected chi connectivity index (χ1v) is 19.5. The quantitative estimate of drug-likeness (QED) is 0.0996. The third kappa shape index (κ3) is 7.08. The molecule has 13 heteroatoms. The molecule has 1 aliphatic carbocycles. The van der Waals surface area contributed by atoms with Gasteiger partial charge in [0.1, 0.15) is 16.3 Å². The molecule has 0 spiro atoms. The minimum Gasteiger partial charge on any atom is -0.496 e. The topological polar surface area (TPSA) is 129 Å². The van der Waals surface area contributed by atoms with Gasteiger partial charge in [-0.2, -0.15) is 0 Å². The number of aliphatic carboxylic acids is 1. The minimum absolute atomic E-state index is 0.0682. The number of thiazole rings is 1. The van der Waals surface area contributed by atoms with Crippen LogP contribution in [0.25, 0.3) is 32.5 Å². The number of ether oxygens (including phenoxy) is 1. The van der Waals surface area contributed by atoms with E-state index in [4.69, 9.17) is 32.9 Å². The van der Waals surface area contributed by atoms with Crippen LogP contribution in [0.4, 0.5) is 11.5 Å². The van der Waals surface area contributed by atoms with Crippen molar-refractivity contribution in [2.24, 2.45) is 11.8 Å². The number of hydrogen-bond donors (Lipinski definition) is 4. The van der Waals surface area contributed by atoms with E-state index in [2.05, 4.69) is 38.8 Å². The predicted octanol–water partition coefficient (Wildman–Crippen LogP) is 8.06. The summed E-state index contributed by atoms with van der Waals surface area (Å²) >= 11 is 15.9. The molecule has 3 unspecified atom stereocenters. The number of anilines is 2. The van der Waals surface area contributed by atoms with Crippen LogP contribution in [0.3, 0.4) is 0 Å². The molecule has 3 aromatic carbocycles. The van der Waals surface area contributed by atoms with Crippen molar-refractivity contribution in [2.45, 2.75) is 57.8 Å². The number of fused-ring (bicyclic) bond motifs is 3. The lowest BCUT2D eigenvalue weighted by molar-refractivity contribution is -0.144. The molecule has 4 N–H and O–H groups in total. The summed E-state index contributed by atoms with van der Waals surface area (Å²) in [6.07, 6.45) is 4.90. The second-order valence-corrected chi connectivity index (χ2v) is 16.1. The number of piperidine rings is 1. The van der Waals surface area contributed by atoms with Crippen molar-refractivity contribution in [3.05, 3.63) is 87.0 Å². The number of halogens is 2. The lowest BCUT2D eigenvalue weighted by Crippen LogP contribution is -2.40. The van der Waals surface area contributed by atoms with E-state index in [1.54, 1.807) is 24.6 Å². The van der Waals surface area contributed by atoms with E-state index < -0.39 is 5.97 Å². The molecule has 10 nitrogen and oxygen atoms in total. The van der Waals surface area contributed by atoms with Gasteiger partial charge in [0.05, 0.1) is 40.0 Å². The van der Waals surface area contributed by atoms with Crippen LogP contribution >= 0.6 is 34.5 Å². The number of aryl methyl sites for hydroxylation is 1. The van der Waals surface area contributed by atoms with Gasteiger partial charge in [0.2, 0.25) is 5.91 Å². The summed E-state index contributed by atoms with van der Waals surface area (Å²) in [6.45, 7) is 4.92. The van der Waals surface area contributed by atoms with E-state index in [1.807, 2.05) is 48.5 Å². The Kier molecular flexibility index (Phi) is 10.0. The standard InChI is InChI=1S/C40H40Cl2N6O4S/c1-21-13-23(16-32(52-2)29(21)18-43-17-24-9-10-34(49)45-24)25-5-3-6-26(36(25)41)27-7-4-8-30(37(27)42)46-39-38-33(11-12-44-39)53-35(47-38)20-48-19-22-14-28(40(50)51)31(48)15-22/h3-8,11-13,16,22,24,28,31,43H,9-10,14-15,17-20H2,1-2H3,(H,44,46)(H,45,49)(H,50,51)/t22?,24-,28?,31?/m0/s1. The summed E-state index contributed by atoms with van der Waals surface area (Å²) in [6, 6.07) is 18.0. The van der Waals surface area contributed by atoms with Crippen molar-refractivity contribution in [1.82, 2.24) is 25.5 Å². The van der Waals surface area contributed by atoms with Crippen LogP contribution < -0.4 is 20.7 Å². The highest BCUT2D eigenvalue weighted by molar-refractivity contribution is 7.18. The molecule has 4 heterocycles. The van der Waals surface area contributed by atoms with E-state index in [-0.39, 0.29) is 23.9 Å². The van der Waals surface area contributed by atoms with Crippen LogP contribution in [0.5, 0.6) is 5.75 Å². The van der Waals surface area contributed by atoms with Gasteiger partial charge in [-0.05, 0) is 61.4 Å². The first-order valence-electron chi connectivity index (χ1n) is 17.9. The maximum Gasteiger partial charge on any atom is 0.308 e. The average molecular weight is 772 g/mol. The van der Waals surface area contributed by atoms with Crippen LogP contribution in [0.1, 0.15) is 41.8 Å². The Labute approximate surface area is 321 Å². The molecule has 4 atom stereocenters. The van der Waals surface area contributed by atoms with Crippen LogP contribution in [-0.4, -0.2) is 64.1 Å². The number of nitrogens with zero attached hydrogens (tertiary/aromatic N) is 3. The molecule has 8 rings (SSSR count). The average Bonchev–Trinajstić information content (AvgIpc) is 3.95. The third-order valence-corrected chi connectivity index (χ3v) is 12.7. The van der Waals surface area contributed by atoms with Crippen molar-refractivity contribution < 1.29 is 19.4 Å². The minimum atomic E-state index is -0.698. The summed E-state index contributed by atoms with van der Waals surface area (Å²) in [4.78, 5) is 35.3. The van der Waals surface area contributed by atoms with Crippen molar-refractivity contribution in [2.75, 3.05) is 25.5 Å². The third-order valence-electron chi connectivity index (χ3n) is 10.9. The first kappa shape index (κ1) is 35.8. The number of pyridine rings is 1. The molecule has 5 aromatic rings. The molecule has 1 saturated carbocycles. The van der Waals surface area contributed by atoms with Crippen LogP contribution in [0.15, 0.2) is 60.8 Å². The van der Waals surface area contributed by atoms with Crippen LogP contribution in [0.2, 0.25) is 10.0 Å². The number of amides is 1. The fourth-order valence-electron chi connectivity index (χ4n) is 8.30. The van der Waals surface area contributed by atoms with E-state index in [9.17, 15) is 14.7 Å². The molecular weight excluding hydrogens is 731 g/mol. The summed E-state index contributed by atoms with van der Waals surface area (Å²) < 4.78 is 6.84. The van der Waals surface area contributed by atoms with Gasteiger partial charge in [-0.15, -0.1) is 11.3 Å². The van der Waals surface area contributed by atoms with E-state index in [1.165, 1.54) is 0 Å². The number of rotatable bonds is 12. The Bertz CT molecular complexity index is 2230. The fourth-order valence-corrected chi connectivity index (χ4v) is 9.90. The molecule has 0 radical (unpaired) electrons. The monoisotopic (exact) mass is 770 g/mol. The maximum atomic E-state index is 11.8. The van der Waals surface area contributed by atoms with Gasteiger partial charge < -0.3 is 25.8 Å². The number of carbonyl (C=O) groups excluding carboxylic acids is 1. The zero-order valence-electron chi connectivity index (χ0n) is 29.4. The smallest absolute Gasteiger partial charge is 0.308 e. The second kappa shape index (κ2) is 14.9. The molecule has 2 aromatic heterocycles. The first-order chi connectivity index (χ1) is 25.7. The van der Waals surface area contributed by atoms with Gasteiger partial charge >= 0.3 is 5.97 Å². The molecule has 53 heavy (non-hydrogen) atoms. The highest BCUT2D eigenvalue weighted by Gasteiger charge is 2.48. The summed E-state index contributed by atoms with van der Waals surface area (Å²) in [5.74, 6) is 0.912. The largest absolute Gasteiger partial charge is 0.496 e. The van der Waals surface area contributed by atoms with Gasteiger partial charge in [-0.1, -0.05) is 59.6 Å². The van der Waals surface area contributed by atoms with Gasteiger partial charge in [-0.3, -0.25) is 14.5 Å². The van der Waals surface area contributed by atoms with Crippen molar-refractivity contribution >= 4 is 68.1 Å². The van der Waals surface area contributed by atoms with Gasteiger partial charge in [0.25, 0.3) is 0 Å². The number of likely N-dealkylation sites (tertiary alicyclic amines) is 1. The normalized spacial score (nSPS) is 21.0. The lowest BCUT2D eigenvalue weighted by atomic mass is 9.95. The Morgan fingerprint density at radius 2 is 1.89 bits per heavy atom. The number of hydrogen-bond acceptors (Lipinski definition) is 9. The van der Waals surface area contributed by atoms with Crippen molar-refractivity contribution in [3.8, 4) is 28.0 Å². The molecule has 3 aliphatic rings. The molecular formula is C40H40Cl2N6O4S. The Morgan fingerprint density at radius 1 is 1.09 bits per heavy atom. The fraction of sp³-hybridized carbons (Fsp3) is 0.350. The van der Waals surface area contributed by atoms with Gasteiger partial charge in [0, 0.05) is 66.6 Å². The molecule has 274 valence electrons. The highest BCUT2D eigenvalue weighted by Crippen LogP contribution is 2.45. The Morgan fingerprint density at radius 3 is 2.64 bits per heavy atom. The Hall–Kier alpha value is -4.26. The van der Waals surface area contributed by atoms with Crippen LogP contribution in [-0.2, 0) is 22.7 Å². The lowest BCUT2D eigenvalue weighted by Gasteiger charge is -2.30. The molecule has 2 bridgehead atoms. The highest BCUT2D eigenvalue weighted by atomic mass is 35.5. The Balaban J connectivity index is 1.03. The van der Waals surface area contributed by atoms with Gasteiger partial charge in [-0.25, -0.2) is 9.97 Å². The van der Waals surface area contributed by atoms with E-state index in [0.717, 1.165) is 80.2 Å². The van der Waals surface area contributed by atoms with Crippen LogP contribution in [0, 0.1) is 18.8 Å². The molecule has 1 amide bonds. The van der Waals surface area contributed by atoms with E-state index >= 15 is 0 Å². The van der Waals surface area contributed by atoms with Crippen molar-refractivity contribution in [3.63, 3.8) is 0 Å². The van der Waals surface area contributed by atoms with Crippen molar-refractivity contribution in [1.29, 1.82) is 0 Å². The number of carboxylic acid groups (broad SMARTS) is 1. The number of benzene rings is 3. The van der Waals surface area contributed by atoms with Gasteiger partial charge in [0.15, 0.2) is 5.82 Å². The predicted molar refractivity (Wildman–Crippen MR) is 210 cm³/mol. The number of nitrogens with one attached hydrogen (secondary N) is 3. The maximum absolute atomic E-state index is 11.8. The molecule has 2 aliphatic heterocycles.